The van der Waals surface area contributed by atoms with Gasteiger partial charge < -0.3 is 14.7 Å². The normalized spacial score (nSPS) is 13.2. The number of imidazole rings is 1. The molecule has 0 saturated heterocycles. The van der Waals surface area contributed by atoms with Crippen LogP contribution in [0.1, 0.15) is 28.0 Å². The monoisotopic (exact) mass is 481 g/mol. The highest BCUT2D eigenvalue weighted by Gasteiger charge is 2.22. The topological polar surface area (TPSA) is 133 Å². The van der Waals surface area contributed by atoms with Crippen molar-refractivity contribution in [3.63, 3.8) is 0 Å². The lowest BCUT2D eigenvalue weighted by Gasteiger charge is -2.15. The van der Waals surface area contributed by atoms with Crippen molar-refractivity contribution in [2.45, 2.75) is 12.8 Å². The smallest absolute Gasteiger partial charge is 0.323 e. The number of fused-ring (bicyclic) bond motifs is 1. The molecule has 1 amide bonds. The molecule has 0 spiro atoms. The molecule has 1 aliphatic rings. The van der Waals surface area contributed by atoms with Crippen LogP contribution in [0, 0.1) is 0 Å². The molecule has 9 nitrogen and oxygen atoms in total. The average molecular weight is 482 g/mol. The van der Waals surface area contributed by atoms with Gasteiger partial charge in [0.2, 0.25) is 0 Å². The number of pyridine rings is 2. The van der Waals surface area contributed by atoms with Gasteiger partial charge in [-0.05, 0) is 29.2 Å². The fourth-order valence-corrected chi connectivity index (χ4v) is 4.29. The minimum absolute atomic E-state index is 0.162. The van der Waals surface area contributed by atoms with Gasteiger partial charge in [-0.2, -0.15) is 0 Å². The summed E-state index contributed by atoms with van der Waals surface area (Å²) < 4.78 is 5.57. The van der Waals surface area contributed by atoms with Gasteiger partial charge in [0, 0.05) is 41.7 Å². The molecular weight excluding hydrogens is 458 g/mol. The van der Waals surface area contributed by atoms with Crippen LogP contribution in [-0.2, 0) is 6.42 Å². The Morgan fingerprint density at radius 3 is 2.69 bits per heavy atom. The number of aromatic nitrogens is 4. The zero-order valence-corrected chi connectivity index (χ0v) is 19.4. The first-order valence-electron chi connectivity index (χ1n) is 11.3. The van der Waals surface area contributed by atoms with Crippen LogP contribution in [0.5, 0.6) is 5.75 Å². The number of aromatic amines is 2. The number of allylic oxidation sites excluding steroid dienone is 6. The first-order valence-corrected chi connectivity index (χ1v) is 11.3. The van der Waals surface area contributed by atoms with Crippen molar-refractivity contribution in [3.05, 3.63) is 106 Å². The van der Waals surface area contributed by atoms with E-state index in [9.17, 15) is 14.8 Å². The van der Waals surface area contributed by atoms with Crippen LogP contribution in [0.4, 0.5) is 0 Å². The minimum Gasteiger partial charge on any atom is -0.494 e. The van der Waals surface area contributed by atoms with Crippen LogP contribution in [0.25, 0.3) is 27.7 Å². The van der Waals surface area contributed by atoms with Crippen molar-refractivity contribution in [1.29, 1.82) is 0 Å². The molecule has 0 unspecified atom stereocenters. The largest absolute Gasteiger partial charge is 0.494 e. The zero-order valence-electron chi connectivity index (χ0n) is 19.4. The summed E-state index contributed by atoms with van der Waals surface area (Å²) in [4.78, 5) is 38.0. The number of nitrogens with zero attached hydrogens (tertiary/aromatic N) is 2. The van der Waals surface area contributed by atoms with E-state index in [0.29, 0.717) is 23.0 Å². The summed E-state index contributed by atoms with van der Waals surface area (Å²) in [5, 5.41) is 9.78. The van der Waals surface area contributed by atoms with Crippen molar-refractivity contribution >= 4 is 22.4 Å². The predicted molar refractivity (Wildman–Crippen MR) is 136 cm³/mol. The van der Waals surface area contributed by atoms with Crippen molar-refractivity contribution in [2.24, 2.45) is 0 Å². The van der Waals surface area contributed by atoms with Crippen LogP contribution in [-0.4, -0.2) is 38.2 Å². The maximum atomic E-state index is 12.5. The van der Waals surface area contributed by atoms with Gasteiger partial charge in [0.1, 0.15) is 5.69 Å². The number of amides is 1. The number of benzene rings is 1. The number of methoxy groups -OCH3 is 1. The number of hydrogen-bond donors (Lipinski definition) is 4. The van der Waals surface area contributed by atoms with Crippen molar-refractivity contribution in [2.75, 3.05) is 7.11 Å². The molecule has 0 fully saturated rings. The number of ether oxygens (including phenoxy) is 1. The van der Waals surface area contributed by atoms with Gasteiger partial charge in [0.15, 0.2) is 5.75 Å². The SMILES string of the molecule is COc1c(-c2ccc(C3=CC=C(Cc4c[nH]c(=O)[nH]4)C=CC3)cc2)nc2ccncc2c1C(=O)NO. The number of carbonyl (C=O) groups is 1. The van der Waals surface area contributed by atoms with E-state index < -0.39 is 5.91 Å². The third-order valence-corrected chi connectivity index (χ3v) is 6.02. The summed E-state index contributed by atoms with van der Waals surface area (Å²) in [6.45, 7) is 0. The molecule has 36 heavy (non-hydrogen) atoms. The van der Waals surface area contributed by atoms with Gasteiger partial charge in [-0.3, -0.25) is 15.0 Å². The fraction of sp³-hybridized carbons (Fsp3) is 0.111. The molecule has 0 radical (unpaired) electrons. The van der Waals surface area contributed by atoms with E-state index in [0.717, 1.165) is 34.4 Å². The summed E-state index contributed by atoms with van der Waals surface area (Å²) in [7, 11) is 1.46. The highest BCUT2D eigenvalue weighted by atomic mass is 16.5. The maximum absolute atomic E-state index is 12.5. The molecule has 1 aromatic carbocycles. The van der Waals surface area contributed by atoms with Crippen LogP contribution >= 0.6 is 0 Å². The number of hydroxylamine groups is 1. The Labute approximate surface area is 205 Å². The van der Waals surface area contributed by atoms with E-state index in [1.165, 1.54) is 13.3 Å². The van der Waals surface area contributed by atoms with E-state index in [1.807, 2.05) is 24.3 Å². The number of carbonyl (C=O) groups excluding carboxylic acids is 1. The van der Waals surface area contributed by atoms with E-state index >= 15 is 0 Å². The Morgan fingerprint density at radius 2 is 1.97 bits per heavy atom. The van der Waals surface area contributed by atoms with Crippen LogP contribution in [0.3, 0.4) is 0 Å². The Morgan fingerprint density at radius 1 is 1.17 bits per heavy atom. The molecule has 180 valence electrons. The second kappa shape index (κ2) is 9.85. The van der Waals surface area contributed by atoms with Crippen molar-refractivity contribution < 1.29 is 14.7 Å². The quantitative estimate of drug-likeness (QED) is 0.243. The summed E-state index contributed by atoms with van der Waals surface area (Å²) in [6, 6.07) is 9.57. The highest BCUT2D eigenvalue weighted by Crippen LogP contribution is 2.36. The van der Waals surface area contributed by atoms with Gasteiger partial charge in [-0.1, -0.05) is 48.6 Å². The number of nitrogens with one attached hydrogen (secondary N) is 3. The van der Waals surface area contributed by atoms with Gasteiger partial charge in [0.25, 0.3) is 5.91 Å². The molecule has 3 heterocycles. The maximum Gasteiger partial charge on any atom is 0.323 e. The Hall–Kier alpha value is -4.76. The molecular formula is C27H23N5O4. The number of rotatable bonds is 6. The first-order chi connectivity index (χ1) is 17.6. The Bertz CT molecular complexity index is 1590. The van der Waals surface area contributed by atoms with E-state index in [-0.39, 0.29) is 17.0 Å². The first kappa shape index (κ1) is 23.0. The molecule has 9 heteroatoms. The van der Waals surface area contributed by atoms with E-state index in [4.69, 9.17) is 9.72 Å². The lowest BCUT2D eigenvalue weighted by atomic mass is 9.98. The number of hydrogen-bond acceptors (Lipinski definition) is 6. The van der Waals surface area contributed by atoms with Gasteiger partial charge >= 0.3 is 5.69 Å². The predicted octanol–water partition coefficient (Wildman–Crippen LogP) is 3.95. The standard InChI is InChI=1S/C27H23N5O4/c1-36-25-23(26(33)32-35)21-15-28-12-11-22(21)31-24(25)19-9-7-18(8-10-19)17-4-2-3-16(5-6-17)13-20-14-29-27(34)30-20/h2-3,5-12,14-15,35H,4,13H2,1H3,(H,32,33)(H2,29,30,34). The third-order valence-electron chi connectivity index (χ3n) is 6.02. The zero-order chi connectivity index (χ0) is 25.1. The summed E-state index contributed by atoms with van der Waals surface area (Å²) in [6.07, 6.45) is 14.5. The lowest BCUT2D eigenvalue weighted by Crippen LogP contribution is -2.20. The van der Waals surface area contributed by atoms with Crippen LogP contribution < -0.4 is 15.9 Å². The molecule has 1 aliphatic carbocycles. The molecule has 0 saturated carbocycles. The summed E-state index contributed by atoms with van der Waals surface area (Å²) in [5.74, 6) is -0.450. The second-order valence-corrected chi connectivity index (χ2v) is 8.26. The Balaban J connectivity index is 1.49. The third kappa shape index (κ3) is 4.47. The fourth-order valence-electron chi connectivity index (χ4n) is 4.29. The summed E-state index contributed by atoms with van der Waals surface area (Å²) in [5.41, 5.74) is 7.56. The number of H-pyrrole nitrogens is 2. The molecule has 0 aliphatic heterocycles. The van der Waals surface area contributed by atoms with Crippen molar-refractivity contribution in [1.82, 2.24) is 25.4 Å². The van der Waals surface area contributed by atoms with Gasteiger partial charge in [-0.25, -0.2) is 15.3 Å². The van der Waals surface area contributed by atoms with E-state index in [2.05, 4.69) is 39.3 Å². The molecule has 5 rings (SSSR count). The molecule has 4 N–H and O–H groups in total. The van der Waals surface area contributed by atoms with E-state index in [1.54, 1.807) is 23.9 Å². The average Bonchev–Trinajstić information content (AvgIpc) is 3.18. The van der Waals surface area contributed by atoms with Crippen LogP contribution in [0.2, 0.25) is 0 Å². The van der Waals surface area contributed by atoms with Gasteiger partial charge in [-0.15, -0.1) is 0 Å². The summed E-state index contributed by atoms with van der Waals surface area (Å²) >= 11 is 0. The Kier molecular flexibility index (Phi) is 6.29. The molecule has 0 bridgehead atoms. The molecule has 4 aromatic rings. The minimum atomic E-state index is -0.702. The van der Waals surface area contributed by atoms with Crippen molar-refractivity contribution in [3.8, 4) is 17.0 Å². The van der Waals surface area contributed by atoms with Crippen LogP contribution in [0.15, 0.2) is 83.6 Å². The highest BCUT2D eigenvalue weighted by molar-refractivity contribution is 6.09. The molecule has 0 atom stereocenters. The van der Waals surface area contributed by atoms with Gasteiger partial charge in [0.05, 0.1) is 18.2 Å². The molecule has 3 aromatic heterocycles. The lowest BCUT2D eigenvalue weighted by molar-refractivity contribution is 0.0705. The second-order valence-electron chi connectivity index (χ2n) is 8.26.